The maximum absolute atomic E-state index is 13.4. The van der Waals surface area contributed by atoms with E-state index in [2.05, 4.69) is 5.32 Å². The Balaban J connectivity index is 1.80. The predicted molar refractivity (Wildman–Crippen MR) is 74.9 cm³/mol. The number of carbonyl (C=O) groups is 2. The van der Waals surface area contributed by atoms with Gasteiger partial charge in [0.15, 0.2) is 0 Å². The lowest BCUT2D eigenvalue weighted by atomic mass is 10.0. The van der Waals surface area contributed by atoms with Crippen molar-refractivity contribution in [2.45, 2.75) is 19.5 Å². The van der Waals surface area contributed by atoms with Crippen molar-refractivity contribution in [2.24, 2.45) is 0 Å². The molecule has 112 valence electrons. The van der Waals surface area contributed by atoms with Crippen molar-refractivity contribution in [1.82, 2.24) is 15.1 Å². The van der Waals surface area contributed by atoms with E-state index in [1.807, 2.05) is 6.92 Å². The molecule has 6 heteroatoms. The molecule has 0 aliphatic carbocycles. The molecule has 1 atom stereocenters. The van der Waals surface area contributed by atoms with E-state index in [1.54, 1.807) is 11.0 Å². The lowest BCUT2D eigenvalue weighted by molar-refractivity contribution is -0.160. The summed E-state index contributed by atoms with van der Waals surface area (Å²) in [6, 6.07) is 4.53. The number of piperazine rings is 2. The predicted octanol–water partition coefficient (Wildman–Crippen LogP) is 0.277. The van der Waals surface area contributed by atoms with Crippen molar-refractivity contribution in [1.29, 1.82) is 0 Å². The SMILES string of the molecule is Cc1ccc(F)cc1CN1CC2CNCCN2C(=O)C1=O. The Hall–Kier alpha value is -1.95. The second kappa shape index (κ2) is 5.44. The number of amides is 2. The van der Waals surface area contributed by atoms with E-state index in [9.17, 15) is 14.0 Å². The first kappa shape index (κ1) is 14.0. The zero-order valence-electron chi connectivity index (χ0n) is 11.9. The number of nitrogens with zero attached hydrogens (tertiary/aromatic N) is 2. The summed E-state index contributed by atoms with van der Waals surface area (Å²) < 4.78 is 13.4. The molecule has 1 unspecified atom stereocenters. The van der Waals surface area contributed by atoms with Crippen LogP contribution in [0.15, 0.2) is 18.2 Å². The summed E-state index contributed by atoms with van der Waals surface area (Å²) >= 11 is 0. The summed E-state index contributed by atoms with van der Waals surface area (Å²) in [6.45, 7) is 4.63. The molecule has 2 heterocycles. The average Bonchev–Trinajstić information content (AvgIpc) is 2.48. The molecule has 0 saturated carbocycles. The van der Waals surface area contributed by atoms with Gasteiger partial charge in [0.25, 0.3) is 0 Å². The van der Waals surface area contributed by atoms with Gasteiger partial charge < -0.3 is 15.1 Å². The highest BCUT2D eigenvalue weighted by molar-refractivity contribution is 6.35. The van der Waals surface area contributed by atoms with Crippen LogP contribution in [-0.2, 0) is 16.1 Å². The molecule has 0 aromatic heterocycles. The van der Waals surface area contributed by atoms with E-state index < -0.39 is 11.8 Å². The minimum Gasteiger partial charge on any atom is -0.328 e. The third-order valence-corrected chi connectivity index (χ3v) is 4.18. The molecule has 0 bridgehead atoms. The number of hydrogen-bond donors (Lipinski definition) is 1. The Kier molecular flexibility index (Phi) is 3.63. The molecule has 21 heavy (non-hydrogen) atoms. The van der Waals surface area contributed by atoms with E-state index in [-0.39, 0.29) is 18.4 Å². The zero-order chi connectivity index (χ0) is 15.0. The van der Waals surface area contributed by atoms with Crippen molar-refractivity contribution >= 4 is 11.8 Å². The Bertz CT molecular complexity index is 590. The fourth-order valence-electron chi connectivity index (χ4n) is 2.94. The maximum Gasteiger partial charge on any atom is 0.312 e. The smallest absolute Gasteiger partial charge is 0.312 e. The largest absolute Gasteiger partial charge is 0.328 e. The number of nitrogens with one attached hydrogen (secondary N) is 1. The summed E-state index contributed by atoms with van der Waals surface area (Å²) in [5, 5.41) is 3.23. The fraction of sp³-hybridized carbons (Fsp3) is 0.467. The van der Waals surface area contributed by atoms with E-state index in [0.29, 0.717) is 19.6 Å². The van der Waals surface area contributed by atoms with Gasteiger partial charge in [0, 0.05) is 32.7 Å². The zero-order valence-corrected chi connectivity index (χ0v) is 11.9. The molecule has 0 radical (unpaired) electrons. The fourth-order valence-corrected chi connectivity index (χ4v) is 2.94. The molecule has 1 aromatic carbocycles. The van der Waals surface area contributed by atoms with Gasteiger partial charge >= 0.3 is 11.8 Å². The van der Waals surface area contributed by atoms with Crippen LogP contribution in [0, 0.1) is 12.7 Å². The number of fused-ring (bicyclic) bond motifs is 1. The van der Waals surface area contributed by atoms with Crippen LogP contribution in [-0.4, -0.2) is 53.8 Å². The molecule has 2 fully saturated rings. The summed E-state index contributed by atoms with van der Waals surface area (Å²) in [4.78, 5) is 27.5. The lowest BCUT2D eigenvalue weighted by Crippen LogP contribution is -2.65. The molecule has 2 aliphatic heterocycles. The van der Waals surface area contributed by atoms with Gasteiger partial charge in [-0.25, -0.2) is 4.39 Å². The average molecular weight is 291 g/mol. The van der Waals surface area contributed by atoms with Crippen LogP contribution in [0.25, 0.3) is 0 Å². The summed E-state index contributed by atoms with van der Waals surface area (Å²) in [7, 11) is 0. The van der Waals surface area contributed by atoms with E-state index in [1.165, 1.54) is 17.0 Å². The monoisotopic (exact) mass is 291 g/mol. The van der Waals surface area contributed by atoms with E-state index in [4.69, 9.17) is 0 Å². The molecule has 2 saturated heterocycles. The van der Waals surface area contributed by atoms with Gasteiger partial charge in [-0.2, -0.15) is 0 Å². The van der Waals surface area contributed by atoms with Gasteiger partial charge in [0.1, 0.15) is 5.82 Å². The Labute approximate surface area is 122 Å². The second-order valence-corrected chi connectivity index (χ2v) is 5.61. The maximum atomic E-state index is 13.4. The van der Waals surface area contributed by atoms with Crippen LogP contribution in [0.5, 0.6) is 0 Å². The molecular formula is C15H18FN3O2. The molecule has 2 aliphatic rings. The van der Waals surface area contributed by atoms with E-state index >= 15 is 0 Å². The molecule has 1 aromatic rings. The van der Waals surface area contributed by atoms with Gasteiger partial charge in [-0.05, 0) is 30.2 Å². The minimum absolute atomic E-state index is 0.0119. The van der Waals surface area contributed by atoms with Gasteiger partial charge in [0.05, 0.1) is 6.04 Å². The summed E-state index contributed by atoms with van der Waals surface area (Å²) in [5.74, 6) is -1.26. The first-order valence-electron chi connectivity index (χ1n) is 7.12. The normalized spacial score (nSPS) is 22.5. The van der Waals surface area contributed by atoms with Gasteiger partial charge in [0.2, 0.25) is 0 Å². The minimum atomic E-state index is -0.489. The van der Waals surface area contributed by atoms with Crippen LogP contribution < -0.4 is 5.32 Å². The topological polar surface area (TPSA) is 52.6 Å². The highest BCUT2D eigenvalue weighted by Crippen LogP contribution is 2.19. The van der Waals surface area contributed by atoms with Crippen LogP contribution in [0.1, 0.15) is 11.1 Å². The first-order chi connectivity index (χ1) is 10.1. The van der Waals surface area contributed by atoms with Crippen molar-refractivity contribution in [3.8, 4) is 0 Å². The molecule has 2 amide bonds. The quantitative estimate of drug-likeness (QED) is 0.796. The molecule has 3 rings (SSSR count). The van der Waals surface area contributed by atoms with Gasteiger partial charge in [-0.1, -0.05) is 6.07 Å². The first-order valence-corrected chi connectivity index (χ1v) is 7.12. The Morgan fingerprint density at radius 3 is 2.95 bits per heavy atom. The number of rotatable bonds is 2. The van der Waals surface area contributed by atoms with Crippen molar-refractivity contribution < 1.29 is 14.0 Å². The number of halogens is 1. The highest BCUT2D eigenvalue weighted by Gasteiger charge is 2.39. The molecule has 0 spiro atoms. The molecule has 1 N–H and O–H groups in total. The van der Waals surface area contributed by atoms with Gasteiger partial charge in [-0.3, -0.25) is 9.59 Å². The van der Waals surface area contributed by atoms with E-state index in [0.717, 1.165) is 17.7 Å². The number of hydrogen-bond acceptors (Lipinski definition) is 3. The summed E-state index contributed by atoms with van der Waals surface area (Å²) in [6.07, 6.45) is 0. The van der Waals surface area contributed by atoms with Crippen LogP contribution in [0.2, 0.25) is 0 Å². The van der Waals surface area contributed by atoms with Crippen LogP contribution in [0.3, 0.4) is 0 Å². The van der Waals surface area contributed by atoms with Crippen molar-refractivity contribution in [2.75, 3.05) is 26.2 Å². The molecular weight excluding hydrogens is 273 g/mol. The van der Waals surface area contributed by atoms with Crippen molar-refractivity contribution in [3.05, 3.63) is 35.1 Å². The Morgan fingerprint density at radius 2 is 2.14 bits per heavy atom. The summed E-state index contributed by atoms with van der Waals surface area (Å²) in [5.41, 5.74) is 1.66. The standard InChI is InChI=1S/C15H18FN3O2/c1-10-2-3-12(16)6-11(10)8-18-9-13-7-17-4-5-19(13)15(21)14(18)20/h2-3,6,13,17H,4-5,7-9H2,1H3. The number of benzene rings is 1. The third kappa shape index (κ3) is 2.63. The highest BCUT2D eigenvalue weighted by atomic mass is 19.1. The van der Waals surface area contributed by atoms with Crippen LogP contribution >= 0.6 is 0 Å². The number of aryl methyl sites for hydroxylation is 1. The lowest BCUT2D eigenvalue weighted by Gasteiger charge is -2.43. The van der Waals surface area contributed by atoms with Gasteiger partial charge in [-0.15, -0.1) is 0 Å². The molecule has 5 nitrogen and oxygen atoms in total. The van der Waals surface area contributed by atoms with Crippen molar-refractivity contribution in [3.63, 3.8) is 0 Å². The second-order valence-electron chi connectivity index (χ2n) is 5.61. The third-order valence-electron chi connectivity index (χ3n) is 4.18. The Morgan fingerprint density at radius 1 is 1.33 bits per heavy atom. The number of carbonyl (C=O) groups excluding carboxylic acids is 2. The van der Waals surface area contributed by atoms with Crippen LogP contribution in [0.4, 0.5) is 4.39 Å².